The Morgan fingerprint density at radius 2 is 1.86 bits per heavy atom. The number of nitriles is 1. The first-order chi connectivity index (χ1) is 17.6. The fourth-order valence-corrected chi connectivity index (χ4v) is 3.21. The van der Waals surface area contributed by atoms with Gasteiger partial charge in [0.2, 0.25) is 11.9 Å². The van der Waals surface area contributed by atoms with Gasteiger partial charge in [0.1, 0.15) is 12.6 Å². The Hall–Kier alpha value is -3.19. The molecule has 206 valence electrons. The van der Waals surface area contributed by atoms with Crippen LogP contribution < -0.4 is 10.6 Å². The summed E-state index contributed by atoms with van der Waals surface area (Å²) in [6.07, 6.45) is 5.01. The van der Waals surface area contributed by atoms with E-state index in [1.165, 1.54) is 6.42 Å². The zero-order chi connectivity index (χ0) is 27.7. The summed E-state index contributed by atoms with van der Waals surface area (Å²) >= 11 is 0. The number of carbonyl (C=O) groups excluding carboxylic acids is 2. The molecule has 1 fully saturated rings. The van der Waals surface area contributed by atoms with Crippen LogP contribution in [0.25, 0.3) is 0 Å². The van der Waals surface area contributed by atoms with Crippen LogP contribution in [-0.2, 0) is 20.7 Å². The maximum absolute atomic E-state index is 12.8. The normalized spacial score (nSPS) is 15.4. The van der Waals surface area contributed by atoms with Crippen molar-refractivity contribution in [2.75, 3.05) is 39.5 Å². The van der Waals surface area contributed by atoms with Gasteiger partial charge in [-0.05, 0) is 35.4 Å². The van der Waals surface area contributed by atoms with E-state index < -0.39 is 12.1 Å². The molecular formula is C27H44N6O4. The van der Waals surface area contributed by atoms with E-state index in [-0.39, 0.29) is 36.4 Å². The summed E-state index contributed by atoms with van der Waals surface area (Å²) < 4.78 is 10.8. The quantitative estimate of drug-likeness (QED) is 0.307. The van der Waals surface area contributed by atoms with Crippen LogP contribution in [0.3, 0.4) is 0 Å². The highest BCUT2D eigenvalue weighted by Crippen LogP contribution is 2.30. The molecule has 10 heteroatoms. The molecule has 0 spiro atoms. The molecule has 0 saturated carbocycles. The molecule has 1 unspecified atom stereocenters. The lowest BCUT2D eigenvalue weighted by Crippen LogP contribution is -2.50. The number of guanidine groups is 1. The second-order valence-electron chi connectivity index (χ2n) is 10.0. The molecule has 2 atom stereocenters. The summed E-state index contributed by atoms with van der Waals surface area (Å²) in [5.74, 6) is 0.0824. The minimum absolute atomic E-state index is 0.0400. The number of hydrogen-bond donors (Lipinski definition) is 2. The van der Waals surface area contributed by atoms with Crippen LogP contribution in [0.1, 0.15) is 59.9 Å². The molecule has 0 bridgehead atoms. The molecule has 1 aliphatic heterocycles. The number of morpholine rings is 1. The Labute approximate surface area is 221 Å². The van der Waals surface area contributed by atoms with E-state index in [0.29, 0.717) is 39.1 Å². The Bertz CT molecular complexity index is 873. The SMILES string of the molecule is CC(C[C@H](N=C(NC(=O)OCCc1ccncc1)N1CCOCC1)C(=O)NCC#N)C(C)(C)C.CCC. The Balaban J connectivity index is 0.00000217. The highest BCUT2D eigenvalue weighted by molar-refractivity contribution is 5.95. The van der Waals surface area contributed by atoms with Crippen molar-refractivity contribution in [2.45, 2.75) is 66.8 Å². The average molecular weight is 517 g/mol. The molecule has 0 aliphatic carbocycles. The van der Waals surface area contributed by atoms with Gasteiger partial charge in [0.15, 0.2) is 0 Å². The number of aliphatic imine (C=N–C) groups is 1. The van der Waals surface area contributed by atoms with E-state index in [2.05, 4.69) is 62.2 Å². The minimum Gasteiger partial charge on any atom is -0.449 e. The van der Waals surface area contributed by atoms with E-state index in [4.69, 9.17) is 14.7 Å². The Morgan fingerprint density at radius 1 is 1.24 bits per heavy atom. The zero-order valence-electron chi connectivity index (χ0n) is 23.2. The van der Waals surface area contributed by atoms with Gasteiger partial charge in [-0.2, -0.15) is 5.26 Å². The lowest BCUT2D eigenvalue weighted by Gasteiger charge is -2.32. The van der Waals surface area contributed by atoms with Gasteiger partial charge in [0, 0.05) is 31.9 Å². The van der Waals surface area contributed by atoms with Crippen molar-refractivity contribution >= 4 is 18.0 Å². The molecule has 0 aromatic carbocycles. The van der Waals surface area contributed by atoms with Crippen molar-refractivity contribution in [3.05, 3.63) is 30.1 Å². The van der Waals surface area contributed by atoms with Gasteiger partial charge in [0.05, 0.1) is 25.9 Å². The van der Waals surface area contributed by atoms with Gasteiger partial charge in [0.25, 0.3) is 0 Å². The van der Waals surface area contributed by atoms with Gasteiger partial charge in [-0.15, -0.1) is 0 Å². The van der Waals surface area contributed by atoms with Crippen LogP contribution in [-0.4, -0.2) is 73.3 Å². The molecule has 2 heterocycles. The third kappa shape index (κ3) is 13.1. The molecule has 1 aromatic rings. The van der Waals surface area contributed by atoms with E-state index in [9.17, 15) is 9.59 Å². The average Bonchev–Trinajstić information content (AvgIpc) is 2.87. The summed E-state index contributed by atoms with van der Waals surface area (Å²) in [4.78, 5) is 35.9. The van der Waals surface area contributed by atoms with E-state index in [1.807, 2.05) is 23.1 Å². The maximum Gasteiger partial charge on any atom is 0.413 e. The Kier molecular flexibility index (Phi) is 14.9. The Morgan fingerprint density at radius 3 is 2.43 bits per heavy atom. The molecule has 0 radical (unpaired) electrons. The number of hydrogen-bond acceptors (Lipinski definition) is 7. The van der Waals surface area contributed by atoms with Crippen molar-refractivity contribution in [3.63, 3.8) is 0 Å². The molecule has 10 nitrogen and oxygen atoms in total. The van der Waals surface area contributed by atoms with Crippen molar-refractivity contribution in [3.8, 4) is 6.07 Å². The number of pyridine rings is 1. The number of ether oxygens (including phenoxy) is 2. The third-order valence-corrected chi connectivity index (χ3v) is 5.88. The van der Waals surface area contributed by atoms with Gasteiger partial charge in [-0.3, -0.25) is 15.1 Å². The second-order valence-corrected chi connectivity index (χ2v) is 10.0. The fraction of sp³-hybridized carbons (Fsp3) is 0.667. The summed E-state index contributed by atoms with van der Waals surface area (Å²) in [6.45, 7) is 14.7. The standard InChI is InChI=1S/C24H36N6O4.C3H8/c1-18(24(2,3)4)17-20(21(31)27-11-8-25)28-22(30-12-15-33-16-13-30)29-23(32)34-14-7-19-5-9-26-10-6-19;1-3-2/h5-6,9-10,18,20H,7,11-17H2,1-4H3,(H,27,31)(H,28,29,32);3H2,1-2H3/t18?,20-;/m0./s1. The lowest BCUT2D eigenvalue weighted by molar-refractivity contribution is -0.122. The number of aromatic nitrogens is 1. The number of carbonyl (C=O) groups is 2. The summed E-state index contributed by atoms with van der Waals surface area (Å²) in [6, 6.07) is 4.88. The number of amides is 2. The molecule has 2 N–H and O–H groups in total. The molecule has 1 aliphatic rings. The first-order valence-electron chi connectivity index (χ1n) is 13.0. The van der Waals surface area contributed by atoms with Crippen molar-refractivity contribution in [1.29, 1.82) is 5.26 Å². The summed E-state index contributed by atoms with van der Waals surface area (Å²) in [5, 5.41) is 14.2. The van der Waals surface area contributed by atoms with E-state index >= 15 is 0 Å². The van der Waals surface area contributed by atoms with Crippen LogP contribution in [0.15, 0.2) is 29.5 Å². The molecular weight excluding hydrogens is 472 g/mol. The first kappa shape index (κ1) is 31.8. The van der Waals surface area contributed by atoms with Crippen LogP contribution in [0.5, 0.6) is 0 Å². The number of nitrogens with zero attached hydrogens (tertiary/aromatic N) is 4. The van der Waals surface area contributed by atoms with E-state index in [1.54, 1.807) is 12.4 Å². The van der Waals surface area contributed by atoms with Gasteiger partial charge in [-0.25, -0.2) is 9.79 Å². The third-order valence-electron chi connectivity index (χ3n) is 5.88. The molecule has 1 aromatic heterocycles. The smallest absolute Gasteiger partial charge is 0.413 e. The second kappa shape index (κ2) is 17.3. The number of nitrogens with one attached hydrogen (secondary N) is 2. The molecule has 1 saturated heterocycles. The van der Waals surface area contributed by atoms with Crippen LogP contribution in [0.2, 0.25) is 0 Å². The molecule has 2 rings (SSSR count). The van der Waals surface area contributed by atoms with Crippen molar-refractivity contribution < 1.29 is 19.1 Å². The molecule has 37 heavy (non-hydrogen) atoms. The monoisotopic (exact) mass is 516 g/mol. The van der Waals surface area contributed by atoms with Gasteiger partial charge >= 0.3 is 6.09 Å². The highest BCUT2D eigenvalue weighted by atomic mass is 16.5. The van der Waals surface area contributed by atoms with Crippen LogP contribution in [0.4, 0.5) is 4.79 Å². The van der Waals surface area contributed by atoms with Crippen molar-refractivity contribution in [1.82, 2.24) is 20.5 Å². The highest BCUT2D eigenvalue weighted by Gasteiger charge is 2.29. The van der Waals surface area contributed by atoms with Gasteiger partial charge < -0.3 is 19.7 Å². The topological polar surface area (TPSA) is 129 Å². The van der Waals surface area contributed by atoms with Crippen molar-refractivity contribution in [2.24, 2.45) is 16.3 Å². The van der Waals surface area contributed by atoms with E-state index in [0.717, 1.165) is 5.56 Å². The first-order valence-corrected chi connectivity index (χ1v) is 13.0. The number of rotatable bonds is 8. The number of alkyl carbamates (subject to hydrolysis) is 1. The maximum atomic E-state index is 12.8. The fourth-order valence-electron chi connectivity index (χ4n) is 3.21. The van der Waals surface area contributed by atoms with Crippen LogP contribution in [0, 0.1) is 22.7 Å². The largest absolute Gasteiger partial charge is 0.449 e. The summed E-state index contributed by atoms with van der Waals surface area (Å²) in [5.41, 5.74) is 0.970. The minimum atomic E-state index is -0.766. The predicted octanol–water partition coefficient (Wildman–Crippen LogP) is 3.54. The van der Waals surface area contributed by atoms with Crippen LogP contribution >= 0.6 is 0 Å². The lowest BCUT2D eigenvalue weighted by atomic mass is 9.78. The summed E-state index contributed by atoms with van der Waals surface area (Å²) in [7, 11) is 0. The van der Waals surface area contributed by atoms with Gasteiger partial charge in [-0.1, -0.05) is 48.0 Å². The predicted molar refractivity (Wildman–Crippen MR) is 144 cm³/mol. The zero-order valence-corrected chi connectivity index (χ0v) is 23.2. The molecule has 2 amide bonds.